The molecule has 1 rings (SSSR count). The van der Waals surface area contributed by atoms with Crippen LogP contribution >= 0.6 is 0 Å². The monoisotopic (exact) mass is 374 g/mol. The van der Waals surface area contributed by atoms with E-state index >= 15 is 0 Å². The fraction of sp³-hybridized carbons (Fsp3) is 0.556. The summed E-state index contributed by atoms with van der Waals surface area (Å²) in [5, 5.41) is 0. The molecule has 0 bridgehead atoms. The van der Waals surface area contributed by atoms with Gasteiger partial charge in [0.15, 0.2) is 5.78 Å². The number of hydrogen-bond donors (Lipinski definition) is 0. The van der Waals surface area contributed by atoms with Crippen molar-refractivity contribution in [1.82, 2.24) is 0 Å². The second kappa shape index (κ2) is 15.5. The molecule has 0 amide bonds. The van der Waals surface area contributed by atoms with E-state index in [1.54, 1.807) is 0 Å². The van der Waals surface area contributed by atoms with E-state index in [1.807, 2.05) is 6.92 Å². The van der Waals surface area contributed by atoms with Crippen molar-refractivity contribution in [2.75, 3.05) is 14.2 Å². The van der Waals surface area contributed by atoms with Crippen molar-refractivity contribution in [3.63, 3.8) is 0 Å². The maximum atomic E-state index is 9.69. The van der Waals surface area contributed by atoms with Gasteiger partial charge in [-0.25, -0.2) is 9.78 Å². The van der Waals surface area contributed by atoms with E-state index in [0.29, 0.717) is 6.58 Å². The molecule has 0 aromatic rings. The molecule has 1 saturated heterocycles. The Balaban J connectivity index is -0.000000141. The Labute approximate surface area is 101 Å². The second-order valence-electron chi connectivity index (χ2n) is 2.03. The summed E-state index contributed by atoms with van der Waals surface area (Å²) in [6.45, 7) is 6.95. The standard InChI is InChI=1S/C4H6O.C3H5O.C2H6O2.W/c1-3-4(2)5;1-3-2-4-3;1-3-4-2;/h3H,1H2,2H3;2-3H,1H3;1-2H3;/q;-1;;/i;2D;;. The largest absolute Gasteiger partial charge is 0.570 e. The smallest absolute Gasteiger partial charge is 0.152 e. The Morgan fingerprint density at radius 3 is 1.86 bits per heavy atom. The van der Waals surface area contributed by atoms with E-state index < -0.39 is 0 Å². The molecule has 0 N–H and O–H groups in total. The first-order chi connectivity index (χ1) is 6.49. The SMILES string of the molecule is C=CC(C)=O.COOC.[2H][C-]1OC1C.[W]. The van der Waals surface area contributed by atoms with Crippen LogP contribution < -0.4 is 0 Å². The van der Waals surface area contributed by atoms with E-state index in [0.717, 1.165) is 0 Å². The molecule has 5 heteroatoms. The minimum atomic E-state index is 0. The fourth-order valence-corrected chi connectivity index (χ4v) is 0.0680. The van der Waals surface area contributed by atoms with Crippen molar-refractivity contribution in [3.8, 4) is 0 Å². The van der Waals surface area contributed by atoms with Crippen LogP contribution in [0.3, 0.4) is 0 Å². The Hall–Kier alpha value is -0.0217. The molecular weight excluding hydrogens is 356 g/mol. The Kier molecular flexibility index (Phi) is 18.1. The number of carbonyl (C=O) groups is 1. The molecule has 84 valence electrons. The molecular formula is C9H17O4W-. The third-order valence-corrected chi connectivity index (χ3v) is 0.808. The van der Waals surface area contributed by atoms with Crippen LogP contribution in [0.15, 0.2) is 12.7 Å². The molecule has 1 heterocycles. The molecule has 1 atom stereocenters. The van der Waals surface area contributed by atoms with E-state index in [-0.39, 0.29) is 33.0 Å². The quantitative estimate of drug-likeness (QED) is 0.242. The average Bonchev–Trinajstić information content (AvgIpc) is 2.81. The number of allylic oxidation sites excluding steroid dienone is 1. The van der Waals surface area contributed by atoms with Gasteiger partial charge < -0.3 is 4.74 Å². The summed E-state index contributed by atoms with van der Waals surface area (Å²) in [7, 11) is 2.92. The number of ether oxygens (including phenoxy) is 1. The van der Waals surface area contributed by atoms with Crippen LogP contribution in [0.1, 0.15) is 15.2 Å². The van der Waals surface area contributed by atoms with Gasteiger partial charge in [0, 0.05) is 21.1 Å². The van der Waals surface area contributed by atoms with Crippen LogP contribution in [-0.4, -0.2) is 26.1 Å². The molecule has 0 aromatic carbocycles. The number of epoxide rings is 1. The van der Waals surface area contributed by atoms with Gasteiger partial charge in [0.25, 0.3) is 0 Å². The predicted molar refractivity (Wildman–Crippen MR) is 49.7 cm³/mol. The third-order valence-electron chi connectivity index (χ3n) is 0.808. The molecule has 0 spiro atoms. The maximum absolute atomic E-state index is 9.69. The van der Waals surface area contributed by atoms with Crippen molar-refractivity contribution in [3.05, 3.63) is 19.2 Å². The normalized spacial score (nSPS) is 18.3. The zero-order chi connectivity index (χ0) is 11.6. The Morgan fingerprint density at radius 2 is 1.86 bits per heavy atom. The minimum Gasteiger partial charge on any atom is -0.570 e. The topological polar surface area (TPSA) is 48.1 Å². The van der Waals surface area contributed by atoms with Crippen LogP contribution in [0.2, 0.25) is 0 Å². The molecule has 14 heavy (non-hydrogen) atoms. The number of hydrogen-bond acceptors (Lipinski definition) is 4. The molecule has 0 saturated carbocycles. The zero-order valence-corrected chi connectivity index (χ0v) is 11.8. The van der Waals surface area contributed by atoms with Gasteiger partial charge >= 0.3 is 0 Å². The van der Waals surface area contributed by atoms with Crippen molar-refractivity contribution >= 4 is 5.78 Å². The van der Waals surface area contributed by atoms with Gasteiger partial charge in [-0.1, -0.05) is 19.6 Å². The summed E-state index contributed by atoms with van der Waals surface area (Å²) in [6.07, 6.45) is 1.41. The van der Waals surface area contributed by atoms with E-state index in [4.69, 9.17) is 1.37 Å². The summed E-state index contributed by atoms with van der Waals surface area (Å²) >= 11 is 0. The number of carbonyl (C=O) groups excluding carboxylic acids is 1. The van der Waals surface area contributed by atoms with Gasteiger partial charge in [-0.15, -0.1) is 0 Å². The second-order valence-corrected chi connectivity index (χ2v) is 2.03. The first-order valence-corrected chi connectivity index (χ1v) is 3.69. The molecule has 0 radical (unpaired) electrons. The molecule has 0 aliphatic carbocycles. The average molecular weight is 374 g/mol. The van der Waals surface area contributed by atoms with E-state index in [2.05, 4.69) is 21.1 Å². The van der Waals surface area contributed by atoms with Crippen molar-refractivity contribution in [1.29, 1.82) is 0 Å². The first kappa shape index (κ1) is 16.4. The molecule has 4 nitrogen and oxygen atoms in total. The zero-order valence-electron chi connectivity index (χ0n) is 9.90. The van der Waals surface area contributed by atoms with Crippen LogP contribution in [-0.2, 0) is 40.4 Å². The molecule has 1 unspecified atom stereocenters. The van der Waals surface area contributed by atoms with Crippen molar-refractivity contribution in [2.45, 2.75) is 20.0 Å². The summed E-state index contributed by atoms with van der Waals surface area (Å²) in [6, 6.07) is 0. The Bertz CT molecular complexity index is 158. The predicted octanol–water partition coefficient (Wildman–Crippen LogP) is 1.52. The number of rotatable bonds is 2. The van der Waals surface area contributed by atoms with Crippen molar-refractivity contribution in [2.24, 2.45) is 0 Å². The van der Waals surface area contributed by atoms with Crippen LogP contribution in [0.25, 0.3) is 0 Å². The summed E-state index contributed by atoms with van der Waals surface area (Å²) < 4.78 is 11.1. The summed E-state index contributed by atoms with van der Waals surface area (Å²) in [5.74, 6) is 0.0185. The van der Waals surface area contributed by atoms with E-state index in [9.17, 15) is 4.79 Å². The van der Waals surface area contributed by atoms with Crippen LogP contribution in [0.4, 0.5) is 0 Å². The van der Waals surface area contributed by atoms with Crippen LogP contribution in [0, 0.1) is 6.58 Å². The van der Waals surface area contributed by atoms with Crippen LogP contribution in [0.5, 0.6) is 0 Å². The van der Waals surface area contributed by atoms with Gasteiger partial charge in [0.2, 0.25) is 0 Å². The molecule has 1 aliphatic heterocycles. The van der Waals surface area contributed by atoms with Gasteiger partial charge in [0.05, 0.1) is 14.2 Å². The van der Waals surface area contributed by atoms with Gasteiger partial charge in [-0.3, -0.25) is 4.79 Å². The minimum absolute atomic E-state index is 0. The van der Waals surface area contributed by atoms with Gasteiger partial charge in [-0.05, 0) is 13.0 Å². The van der Waals surface area contributed by atoms with E-state index in [1.165, 1.54) is 27.2 Å². The van der Waals surface area contributed by atoms with Gasteiger partial charge in [-0.2, -0.15) is 7.95 Å². The van der Waals surface area contributed by atoms with Gasteiger partial charge in [0.1, 0.15) is 0 Å². The van der Waals surface area contributed by atoms with Crippen molar-refractivity contribution < 1.29 is 41.7 Å². The maximum Gasteiger partial charge on any atom is 0.152 e. The fourth-order valence-electron chi connectivity index (χ4n) is 0.0680. The molecule has 1 fully saturated rings. The summed E-state index contributed by atoms with van der Waals surface area (Å²) in [5.41, 5.74) is 0. The Morgan fingerprint density at radius 1 is 1.64 bits per heavy atom. The molecule has 1 aliphatic rings. The number of ketones is 1. The molecule has 0 aromatic heterocycles. The third kappa shape index (κ3) is 40.4. The summed E-state index contributed by atoms with van der Waals surface area (Å²) in [4.78, 5) is 17.8. The first-order valence-electron chi connectivity index (χ1n) is 4.19.